The summed E-state index contributed by atoms with van der Waals surface area (Å²) in [6, 6.07) is 7.28. The average molecular weight is 404 g/mol. The van der Waals surface area contributed by atoms with Crippen molar-refractivity contribution in [3.63, 3.8) is 0 Å². The summed E-state index contributed by atoms with van der Waals surface area (Å²) < 4.78 is 13.5. The molecule has 0 saturated heterocycles. The van der Waals surface area contributed by atoms with Gasteiger partial charge < -0.3 is 19.3 Å². The zero-order valence-electron chi connectivity index (χ0n) is 14.6. The third-order valence-corrected chi connectivity index (χ3v) is 4.40. The number of hydrogen-bond acceptors (Lipinski definition) is 7. The molecule has 1 atom stereocenters. The SMILES string of the molecule is CC1(Cn2nc(C=Cc3ccc(Cl)cc3)oc2=O)Cn2cc([N+](=O)[O-])nc2O1. The van der Waals surface area contributed by atoms with Gasteiger partial charge in [-0.25, -0.2) is 4.79 Å². The first-order chi connectivity index (χ1) is 13.3. The lowest BCUT2D eigenvalue weighted by molar-refractivity contribution is -0.389. The molecular formula is C17H14ClN5O5. The van der Waals surface area contributed by atoms with Crippen molar-refractivity contribution in [3.8, 4) is 6.01 Å². The number of nitro groups is 1. The fourth-order valence-corrected chi connectivity index (χ4v) is 3.04. The van der Waals surface area contributed by atoms with Crippen LogP contribution >= 0.6 is 11.6 Å². The van der Waals surface area contributed by atoms with Crippen LogP contribution in [0.25, 0.3) is 12.2 Å². The lowest BCUT2D eigenvalue weighted by atomic mass is 10.1. The standard InChI is InChI=1S/C17H14ClN5O5/c1-17(9-21-8-13(23(25)26)19-15(21)28-17)10-22-16(24)27-14(20-22)7-4-11-2-5-12(18)6-3-11/h2-8H,9-10H2,1H3. The highest BCUT2D eigenvalue weighted by Crippen LogP contribution is 2.31. The largest absolute Gasteiger partial charge is 0.437 e. The first-order valence-corrected chi connectivity index (χ1v) is 8.61. The maximum atomic E-state index is 12.1. The molecule has 0 aliphatic carbocycles. The van der Waals surface area contributed by atoms with Crippen molar-refractivity contribution in [1.82, 2.24) is 19.3 Å². The van der Waals surface area contributed by atoms with E-state index in [9.17, 15) is 14.9 Å². The Bertz CT molecular complexity index is 1100. The van der Waals surface area contributed by atoms with Crippen molar-refractivity contribution in [2.75, 3.05) is 0 Å². The summed E-state index contributed by atoms with van der Waals surface area (Å²) in [6.07, 6.45) is 4.62. The number of nitrogens with zero attached hydrogens (tertiary/aromatic N) is 5. The number of ether oxygens (including phenoxy) is 1. The van der Waals surface area contributed by atoms with Gasteiger partial charge in [-0.3, -0.25) is 4.57 Å². The van der Waals surface area contributed by atoms with E-state index in [2.05, 4.69) is 10.1 Å². The molecule has 0 spiro atoms. The number of rotatable bonds is 5. The molecule has 0 saturated carbocycles. The van der Waals surface area contributed by atoms with Crippen molar-refractivity contribution in [2.24, 2.45) is 0 Å². The van der Waals surface area contributed by atoms with Crippen LogP contribution in [-0.4, -0.2) is 29.9 Å². The van der Waals surface area contributed by atoms with E-state index >= 15 is 0 Å². The molecule has 1 aliphatic rings. The second-order valence-electron chi connectivity index (χ2n) is 6.57. The van der Waals surface area contributed by atoms with E-state index in [4.69, 9.17) is 20.8 Å². The van der Waals surface area contributed by atoms with Crippen LogP contribution in [-0.2, 0) is 13.1 Å². The summed E-state index contributed by atoms with van der Waals surface area (Å²) in [4.78, 5) is 26.1. The topological polar surface area (TPSA) is 118 Å². The molecule has 28 heavy (non-hydrogen) atoms. The molecule has 4 rings (SSSR count). The van der Waals surface area contributed by atoms with Crippen molar-refractivity contribution < 1.29 is 14.1 Å². The molecule has 3 aromatic rings. The van der Waals surface area contributed by atoms with Crippen molar-refractivity contribution >= 4 is 29.6 Å². The van der Waals surface area contributed by atoms with Gasteiger partial charge in [0.2, 0.25) is 5.89 Å². The third kappa shape index (κ3) is 3.54. The zero-order valence-corrected chi connectivity index (χ0v) is 15.4. The predicted molar refractivity (Wildman–Crippen MR) is 99.1 cm³/mol. The maximum absolute atomic E-state index is 12.1. The van der Waals surface area contributed by atoms with E-state index in [1.807, 2.05) is 12.1 Å². The molecule has 11 heteroatoms. The number of imidazole rings is 1. The highest BCUT2D eigenvalue weighted by molar-refractivity contribution is 6.30. The number of benzene rings is 1. The highest BCUT2D eigenvalue weighted by Gasteiger charge is 2.41. The van der Waals surface area contributed by atoms with Crippen molar-refractivity contribution in [2.45, 2.75) is 25.6 Å². The summed E-state index contributed by atoms with van der Waals surface area (Å²) >= 11 is 5.85. The smallest absolute Gasteiger partial charge is 0.436 e. The van der Waals surface area contributed by atoms with Gasteiger partial charge in [0.15, 0.2) is 0 Å². The second-order valence-corrected chi connectivity index (χ2v) is 7.00. The fourth-order valence-electron chi connectivity index (χ4n) is 2.91. The van der Waals surface area contributed by atoms with Gasteiger partial charge in [-0.15, -0.1) is 5.10 Å². The van der Waals surface area contributed by atoms with Gasteiger partial charge in [-0.2, -0.15) is 4.68 Å². The van der Waals surface area contributed by atoms with Crippen molar-refractivity contribution in [3.05, 3.63) is 67.6 Å². The minimum absolute atomic E-state index is 0.0985. The summed E-state index contributed by atoms with van der Waals surface area (Å²) in [5, 5.41) is 15.6. The van der Waals surface area contributed by atoms with Crippen LogP contribution in [0.2, 0.25) is 5.02 Å². The van der Waals surface area contributed by atoms with Gasteiger partial charge >= 0.3 is 17.6 Å². The lowest BCUT2D eigenvalue weighted by Gasteiger charge is -2.20. The molecule has 0 bridgehead atoms. The molecule has 1 unspecified atom stereocenters. The first kappa shape index (κ1) is 18.0. The summed E-state index contributed by atoms with van der Waals surface area (Å²) in [5.74, 6) is -0.767. The van der Waals surface area contributed by atoms with Gasteiger partial charge in [-0.05, 0) is 35.6 Å². The molecule has 0 N–H and O–H groups in total. The van der Waals surface area contributed by atoms with Crippen LogP contribution in [0.5, 0.6) is 6.01 Å². The lowest BCUT2D eigenvalue weighted by Crippen LogP contribution is -2.39. The van der Waals surface area contributed by atoms with Crippen LogP contribution in [0.15, 0.2) is 39.7 Å². The molecule has 2 aromatic heterocycles. The third-order valence-electron chi connectivity index (χ3n) is 4.15. The second kappa shape index (κ2) is 6.64. The number of fused-ring (bicyclic) bond motifs is 1. The molecule has 1 aliphatic heterocycles. The van der Waals surface area contributed by atoms with E-state index in [0.717, 1.165) is 10.2 Å². The van der Waals surface area contributed by atoms with Gasteiger partial charge in [0.05, 0.1) is 13.1 Å². The highest BCUT2D eigenvalue weighted by atomic mass is 35.5. The molecule has 10 nitrogen and oxygen atoms in total. The Kier molecular flexibility index (Phi) is 4.27. The Balaban J connectivity index is 1.48. The Labute approximate surface area is 162 Å². The Morgan fingerprint density at radius 3 is 2.79 bits per heavy atom. The van der Waals surface area contributed by atoms with Gasteiger partial charge in [0.25, 0.3) is 0 Å². The van der Waals surface area contributed by atoms with Gasteiger partial charge in [0, 0.05) is 16.1 Å². The van der Waals surface area contributed by atoms with E-state index in [1.54, 1.807) is 31.2 Å². The van der Waals surface area contributed by atoms with Gasteiger partial charge in [0.1, 0.15) is 11.8 Å². The molecule has 0 fully saturated rings. The molecule has 144 valence electrons. The summed E-state index contributed by atoms with van der Waals surface area (Å²) in [7, 11) is 0. The first-order valence-electron chi connectivity index (χ1n) is 8.23. The number of halogens is 1. The Hall–Kier alpha value is -3.40. The fraction of sp³-hybridized carbons (Fsp3) is 0.235. The summed E-state index contributed by atoms with van der Waals surface area (Å²) in [5.41, 5.74) is 0.0368. The monoisotopic (exact) mass is 403 g/mol. The van der Waals surface area contributed by atoms with E-state index in [0.29, 0.717) is 11.6 Å². The minimum Gasteiger partial charge on any atom is -0.436 e. The Morgan fingerprint density at radius 2 is 2.11 bits per heavy atom. The van der Waals surface area contributed by atoms with Crippen LogP contribution in [0.4, 0.5) is 5.82 Å². The van der Waals surface area contributed by atoms with Crippen LogP contribution < -0.4 is 10.5 Å². The molecule has 3 heterocycles. The number of hydrogen-bond donors (Lipinski definition) is 0. The zero-order chi connectivity index (χ0) is 19.9. The Morgan fingerprint density at radius 1 is 1.36 bits per heavy atom. The molecule has 1 aromatic carbocycles. The molecular weight excluding hydrogens is 390 g/mol. The van der Waals surface area contributed by atoms with Crippen molar-refractivity contribution in [1.29, 1.82) is 0 Å². The number of aromatic nitrogens is 4. The maximum Gasteiger partial charge on any atom is 0.437 e. The molecule has 0 radical (unpaired) electrons. The van der Waals surface area contributed by atoms with E-state index in [1.165, 1.54) is 10.8 Å². The minimum atomic E-state index is -0.838. The van der Waals surface area contributed by atoms with Crippen LogP contribution in [0, 0.1) is 10.1 Å². The average Bonchev–Trinajstić information content (AvgIpc) is 3.26. The van der Waals surface area contributed by atoms with Gasteiger partial charge in [-0.1, -0.05) is 23.7 Å². The van der Waals surface area contributed by atoms with E-state index < -0.39 is 16.3 Å². The predicted octanol–water partition coefficient (Wildman–Crippen LogP) is 2.62. The quantitative estimate of drug-likeness (QED) is 0.474. The van der Waals surface area contributed by atoms with Crippen LogP contribution in [0.3, 0.4) is 0 Å². The van der Waals surface area contributed by atoms with E-state index in [-0.39, 0.29) is 24.3 Å². The normalized spacial score (nSPS) is 18.4. The summed E-state index contributed by atoms with van der Waals surface area (Å²) in [6.45, 7) is 2.15. The molecule has 0 amide bonds. The van der Waals surface area contributed by atoms with Crippen LogP contribution in [0.1, 0.15) is 18.4 Å².